The van der Waals surface area contributed by atoms with Gasteiger partial charge in [0, 0.05) is 11.4 Å². The smallest absolute Gasteiger partial charge is 0.278 e. The van der Waals surface area contributed by atoms with Crippen LogP contribution in [0.3, 0.4) is 0 Å². The molecule has 0 unspecified atom stereocenters. The molecule has 6 heteroatoms. The third-order valence-electron chi connectivity index (χ3n) is 2.34. The number of hydrogen-bond donors (Lipinski definition) is 1. The summed E-state index contributed by atoms with van der Waals surface area (Å²) < 4.78 is 0. The molecular formula is C11H10BrN3O2. The Kier molecular flexibility index (Phi) is 3.53. The first-order valence-corrected chi connectivity index (χ1v) is 6.18. The van der Waals surface area contributed by atoms with Gasteiger partial charge in [-0.05, 0) is 18.1 Å². The number of nitro groups is 1. The second kappa shape index (κ2) is 5.09. The van der Waals surface area contributed by atoms with Crippen molar-refractivity contribution in [3.8, 4) is 0 Å². The van der Waals surface area contributed by atoms with Gasteiger partial charge >= 0.3 is 0 Å². The van der Waals surface area contributed by atoms with Crippen molar-refractivity contribution in [2.45, 2.75) is 6.42 Å². The molecule has 88 valence electrons. The number of aromatic nitrogens is 2. The number of allylic oxidation sites excluding steroid dienone is 1. The van der Waals surface area contributed by atoms with Gasteiger partial charge in [-0.25, -0.2) is 0 Å². The summed E-state index contributed by atoms with van der Waals surface area (Å²) in [6.07, 6.45) is 6.19. The summed E-state index contributed by atoms with van der Waals surface area (Å²) in [5, 5.41) is 18.9. The minimum absolute atomic E-state index is 0.0785. The van der Waals surface area contributed by atoms with E-state index in [2.05, 4.69) is 26.1 Å². The standard InChI is InChI=1S/C11H10BrN3O2/c12-4-2-1-3-8-5-10-9(7-13-14-10)11(6-8)15(16)17/h1,3,5-7H,2,4H2,(H,13,14). The van der Waals surface area contributed by atoms with Crippen molar-refractivity contribution < 1.29 is 4.92 Å². The Morgan fingerprint density at radius 1 is 1.53 bits per heavy atom. The Labute approximate surface area is 106 Å². The van der Waals surface area contributed by atoms with Crippen LogP contribution in [0, 0.1) is 10.1 Å². The molecule has 1 heterocycles. The van der Waals surface area contributed by atoms with Crippen LogP contribution in [0.15, 0.2) is 24.4 Å². The highest BCUT2D eigenvalue weighted by Gasteiger charge is 2.14. The lowest BCUT2D eigenvalue weighted by molar-refractivity contribution is -0.383. The van der Waals surface area contributed by atoms with E-state index in [4.69, 9.17) is 0 Å². The third-order valence-corrected chi connectivity index (χ3v) is 2.80. The molecule has 0 amide bonds. The van der Waals surface area contributed by atoms with Crippen molar-refractivity contribution in [3.63, 3.8) is 0 Å². The van der Waals surface area contributed by atoms with Gasteiger partial charge in [0.25, 0.3) is 5.69 Å². The Bertz CT molecular complexity index is 577. The molecule has 0 spiro atoms. The summed E-state index contributed by atoms with van der Waals surface area (Å²) in [7, 11) is 0. The highest BCUT2D eigenvalue weighted by Crippen LogP contribution is 2.26. The molecule has 2 aromatic rings. The molecule has 0 aliphatic carbocycles. The van der Waals surface area contributed by atoms with Gasteiger partial charge in [0.05, 0.1) is 22.0 Å². The van der Waals surface area contributed by atoms with Gasteiger partial charge in [-0.15, -0.1) is 0 Å². The minimum Gasteiger partial charge on any atom is -0.278 e. The summed E-state index contributed by atoms with van der Waals surface area (Å²) in [5.74, 6) is 0. The third kappa shape index (κ3) is 2.52. The van der Waals surface area contributed by atoms with E-state index in [0.29, 0.717) is 10.9 Å². The van der Waals surface area contributed by atoms with E-state index in [0.717, 1.165) is 17.3 Å². The first-order valence-electron chi connectivity index (χ1n) is 5.06. The number of nitrogens with zero attached hydrogens (tertiary/aromatic N) is 2. The van der Waals surface area contributed by atoms with Crippen LogP contribution in [-0.4, -0.2) is 20.5 Å². The molecule has 5 nitrogen and oxygen atoms in total. The number of rotatable bonds is 4. The number of fused-ring (bicyclic) bond motifs is 1. The SMILES string of the molecule is O=[N+]([O-])c1cc(C=CCCBr)cc2[nH]ncc12. The number of benzene rings is 1. The highest BCUT2D eigenvalue weighted by atomic mass is 79.9. The number of aromatic amines is 1. The maximum atomic E-state index is 10.9. The van der Waals surface area contributed by atoms with Crippen molar-refractivity contribution in [2.24, 2.45) is 0 Å². The molecule has 0 atom stereocenters. The van der Waals surface area contributed by atoms with Gasteiger partial charge in [-0.2, -0.15) is 5.10 Å². The number of nitrogens with one attached hydrogen (secondary N) is 1. The summed E-state index contributed by atoms with van der Waals surface area (Å²) in [6, 6.07) is 3.41. The Balaban J connectivity index is 2.48. The van der Waals surface area contributed by atoms with Crippen molar-refractivity contribution in [2.75, 3.05) is 5.33 Å². The van der Waals surface area contributed by atoms with Gasteiger partial charge < -0.3 is 0 Å². The van der Waals surface area contributed by atoms with Gasteiger partial charge in [0.2, 0.25) is 0 Å². The quantitative estimate of drug-likeness (QED) is 0.534. The fraction of sp³-hybridized carbons (Fsp3) is 0.182. The Morgan fingerprint density at radius 3 is 3.06 bits per heavy atom. The summed E-state index contributed by atoms with van der Waals surface area (Å²) in [4.78, 5) is 10.5. The number of non-ortho nitro benzene ring substituents is 1. The van der Waals surface area contributed by atoms with Crippen LogP contribution >= 0.6 is 15.9 Å². The van der Waals surface area contributed by atoms with Crippen LogP contribution in [0.2, 0.25) is 0 Å². The predicted octanol–water partition coefficient (Wildman–Crippen LogP) is 3.27. The fourth-order valence-corrected chi connectivity index (χ4v) is 1.85. The molecular weight excluding hydrogens is 286 g/mol. The average Bonchev–Trinajstić information content (AvgIpc) is 2.76. The number of alkyl halides is 1. The van der Waals surface area contributed by atoms with Crippen LogP contribution in [0.4, 0.5) is 5.69 Å². The number of hydrogen-bond acceptors (Lipinski definition) is 3. The molecule has 0 saturated heterocycles. The first-order chi connectivity index (χ1) is 8.22. The lowest BCUT2D eigenvalue weighted by Gasteiger charge is -1.97. The normalized spacial score (nSPS) is 11.4. The van der Waals surface area contributed by atoms with Crippen LogP contribution in [0.25, 0.3) is 17.0 Å². The van der Waals surface area contributed by atoms with E-state index in [1.807, 2.05) is 18.2 Å². The molecule has 2 rings (SSSR count). The Hall–Kier alpha value is -1.69. The second-order valence-electron chi connectivity index (χ2n) is 3.51. The number of nitro benzene ring substituents is 1. The minimum atomic E-state index is -0.389. The monoisotopic (exact) mass is 295 g/mol. The topological polar surface area (TPSA) is 71.8 Å². The zero-order valence-corrected chi connectivity index (χ0v) is 10.5. The highest BCUT2D eigenvalue weighted by molar-refractivity contribution is 9.09. The summed E-state index contributed by atoms with van der Waals surface area (Å²) >= 11 is 3.32. The molecule has 17 heavy (non-hydrogen) atoms. The molecule has 1 aromatic carbocycles. The van der Waals surface area contributed by atoms with E-state index in [1.54, 1.807) is 6.07 Å². The van der Waals surface area contributed by atoms with E-state index < -0.39 is 0 Å². The molecule has 1 aromatic heterocycles. The molecule has 0 fully saturated rings. The maximum Gasteiger partial charge on any atom is 0.280 e. The van der Waals surface area contributed by atoms with E-state index >= 15 is 0 Å². The fourth-order valence-electron chi connectivity index (χ4n) is 1.58. The zero-order valence-electron chi connectivity index (χ0n) is 8.89. The predicted molar refractivity (Wildman–Crippen MR) is 70.2 cm³/mol. The summed E-state index contributed by atoms with van der Waals surface area (Å²) in [6.45, 7) is 0. The number of H-pyrrole nitrogens is 1. The van der Waals surface area contributed by atoms with Crippen LogP contribution < -0.4 is 0 Å². The molecule has 0 aliphatic heterocycles. The molecule has 0 aliphatic rings. The zero-order chi connectivity index (χ0) is 12.3. The summed E-state index contributed by atoms with van der Waals surface area (Å²) in [5.41, 5.74) is 1.56. The first kappa shape index (κ1) is 11.8. The lowest BCUT2D eigenvalue weighted by Crippen LogP contribution is -1.89. The van der Waals surface area contributed by atoms with Crippen molar-refractivity contribution in [1.82, 2.24) is 10.2 Å². The van der Waals surface area contributed by atoms with Crippen molar-refractivity contribution in [1.29, 1.82) is 0 Å². The van der Waals surface area contributed by atoms with Crippen LogP contribution in [0.1, 0.15) is 12.0 Å². The van der Waals surface area contributed by atoms with Crippen LogP contribution in [-0.2, 0) is 0 Å². The van der Waals surface area contributed by atoms with Crippen molar-refractivity contribution >= 4 is 38.6 Å². The van der Waals surface area contributed by atoms with Crippen LogP contribution in [0.5, 0.6) is 0 Å². The van der Waals surface area contributed by atoms with Gasteiger partial charge in [-0.1, -0.05) is 28.1 Å². The molecule has 1 N–H and O–H groups in total. The average molecular weight is 296 g/mol. The number of halogens is 1. The Morgan fingerprint density at radius 2 is 2.35 bits per heavy atom. The van der Waals surface area contributed by atoms with E-state index in [9.17, 15) is 10.1 Å². The molecule has 0 saturated carbocycles. The van der Waals surface area contributed by atoms with Gasteiger partial charge in [0.1, 0.15) is 0 Å². The van der Waals surface area contributed by atoms with E-state index in [-0.39, 0.29) is 10.6 Å². The van der Waals surface area contributed by atoms with Gasteiger partial charge in [0.15, 0.2) is 0 Å². The molecule has 0 bridgehead atoms. The molecule has 0 radical (unpaired) electrons. The lowest BCUT2D eigenvalue weighted by atomic mass is 10.1. The second-order valence-corrected chi connectivity index (χ2v) is 4.30. The van der Waals surface area contributed by atoms with E-state index in [1.165, 1.54) is 6.20 Å². The largest absolute Gasteiger partial charge is 0.280 e. The van der Waals surface area contributed by atoms with Crippen molar-refractivity contribution in [3.05, 3.63) is 40.1 Å². The van der Waals surface area contributed by atoms with Gasteiger partial charge in [-0.3, -0.25) is 15.2 Å². The maximum absolute atomic E-state index is 10.9.